The van der Waals surface area contributed by atoms with Crippen molar-refractivity contribution in [2.45, 2.75) is 19.8 Å². The zero-order valence-electron chi connectivity index (χ0n) is 12.5. The molecule has 0 spiro atoms. The van der Waals surface area contributed by atoms with Crippen molar-refractivity contribution in [1.29, 1.82) is 0 Å². The Morgan fingerprint density at radius 2 is 2.23 bits per heavy atom. The van der Waals surface area contributed by atoms with Crippen LogP contribution >= 0.6 is 11.3 Å². The summed E-state index contributed by atoms with van der Waals surface area (Å²) in [7, 11) is 0. The Hall–Kier alpha value is -1.80. The molecule has 8 heteroatoms. The summed E-state index contributed by atoms with van der Waals surface area (Å²) in [5.41, 5.74) is 0. The number of fused-ring (bicyclic) bond motifs is 1. The summed E-state index contributed by atoms with van der Waals surface area (Å²) in [5, 5.41) is 15.3. The predicted molar refractivity (Wildman–Crippen MR) is 87.6 cm³/mol. The van der Waals surface area contributed by atoms with E-state index < -0.39 is 0 Å². The predicted octanol–water partition coefficient (Wildman–Crippen LogP) is 2.43. The highest BCUT2D eigenvalue weighted by atomic mass is 32.1. The highest BCUT2D eigenvalue weighted by molar-refractivity contribution is 7.21. The van der Waals surface area contributed by atoms with Gasteiger partial charge in [0.25, 0.3) is 0 Å². The Labute approximate surface area is 132 Å². The van der Waals surface area contributed by atoms with E-state index >= 15 is 0 Å². The molecule has 22 heavy (non-hydrogen) atoms. The molecule has 3 heterocycles. The van der Waals surface area contributed by atoms with Gasteiger partial charge in [-0.25, -0.2) is 9.97 Å². The normalized spacial score (nSPS) is 16.3. The van der Waals surface area contributed by atoms with Crippen LogP contribution in [0, 0.1) is 16.0 Å². The molecular weight excluding hydrogens is 302 g/mol. The lowest BCUT2D eigenvalue weighted by Crippen LogP contribution is -2.37. The molecule has 0 bridgehead atoms. The molecule has 0 atom stereocenters. The van der Waals surface area contributed by atoms with E-state index in [1.165, 1.54) is 6.33 Å². The lowest BCUT2D eigenvalue weighted by Gasteiger charge is -2.33. The zero-order chi connectivity index (χ0) is 15.5. The fourth-order valence-electron chi connectivity index (χ4n) is 2.87. The van der Waals surface area contributed by atoms with Gasteiger partial charge in [0.1, 0.15) is 17.0 Å². The Morgan fingerprint density at radius 3 is 2.91 bits per heavy atom. The van der Waals surface area contributed by atoms with Crippen LogP contribution in [0.3, 0.4) is 0 Å². The summed E-state index contributed by atoms with van der Waals surface area (Å²) in [5.74, 6) is 1.53. The van der Waals surface area contributed by atoms with Crippen molar-refractivity contribution in [3.8, 4) is 0 Å². The Bertz CT molecular complexity index is 666. The zero-order valence-corrected chi connectivity index (χ0v) is 13.3. The van der Waals surface area contributed by atoms with Crippen molar-refractivity contribution in [3.05, 3.63) is 22.5 Å². The number of piperidine rings is 1. The maximum absolute atomic E-state index is 10.9. The van der Waals surface area contributed by atoms with Gasteiger partial charge < -0.3 is 10.2 Å². The minimum absolute atomic E-state index is 0.124. The molecular formula is C14H19N5O2S. The van der Waals surface area contributed by atoms with E-state index in [-0.39, 0.29) is 9.92 Å². The molecule has 2 aromatic heterocycles. The third-order valence-corrected chi connectivity index (χ3v) is 5.07. The van der Waals surface area contributed by atoms with E-state index in [0.29, 0.717) is 10.7 Å². The van der Waals surface area contributed by atoms with Crippen LogP contribution in [0.5, 0.6) is 0 Å². The van der Waals surface area contributed by atoms with Crippen molar-refractivity contribution in [1.82, 2.24) is 15.3 Å². The van der Waals surface area contributed by atoms with Gasteiger partial charge in [0, 0.05) is 19.2 Å². The first-order valence-electron chi connectivity index (χ1n) is 7.53. The molecule has 0 aliphatic carbocycles. The fourth-order valence-corrected chi connectivity index (χ4v) is 3.68. The van der Waals surface area contributed by atoms with Gasteiger partial charge in [-0.1, -0.05) is 6.92 Å². The number of anilines is 1. The minimum atomic E-state index is -0.362. The van der Waals surface area contributed by atoms with Gasteiger partial charge in [-0.3, -0.25) is 10.1 Å². The first-order valence-corrected chi connectivity index (χ1v) is 8.35. The summed E-state index contributed by atoms with van der Waals surface area (Å²) in [6.07, 6.45) is 3.73. The minimum Gasteiger partial charge on any atom is -0.356 e. The molecule has 7 nitrogen and oxygen atoms in total. The van der Waals surface area contributed by atoms with Crippen molar-refractivity contribution in [2.75, 3.05) is 31.1 Å². The molecule has 0 aromatic carbocycles. The molecule has 1 saturated heterocycles. The van der Waals surface area contributed by atoms with Crippen LogP contribution in [-0.4, -0.2) is 41.1 Å². The summed E-state index contributed by atoms with van der Waals surface area (Å²) < 4.78 is 0. The standard InChI is InChI=1S/C14H19N5O2S/c1-2-15-8-10-3-5-18(6-4-10)13-11-7-12(19(20)21)22-14(11)17-9-16-13/h7,9-10,15H,2-6,8H2,1H3. The van der Waals surface area contributed by atoms with E-state index in [0.717, 1.165) is 61.6 Å². The van der Waals surface area contributed by atoms with Crippen molar-refractivity contribution < 1.29 is 4.92 Å². The van der Waals surface area contributed by atoms with Gasteiger partial charge >= 0.3 is 5.00 Å². The fraction of sp³-hybridized carbons (Fsp3) is 0.571. The summed E-state index contributed by atoms with van der Waals surface area (Å²) in [6, 6.07) is 1.60. The van der Waals surface area contributed by atoms with Gasteiger partial charge in [0.2, 0.25) is 0 Å². The molecule has 118 valence electrons. The molecule has 1 aliphatic heterocycles. The van der Waals surface area contributed by atoms with E-state index in [9.17, 15) is 10.1 Å². The summed E-state index contributed by atoms with van der Waals surface area (Å²) in [6.45, 7) is 6.06. The van der Waals surface area contributed by atoms with E-state index in [1.54, 1.807) is 6.07 Å². The molecule has 0 radical (unpaired) electrons. The van der Waals surface area contributed by atoms with E-state index in [2.05, 4.69) is 27.1 Å². The number of rotatable bonds is 5. The van der Waals surface area contributed by atoms with Gasteiger partial charge in [-0.15, -0.1) is 0 Å². The monoisotopic (exact) mass is 321 g/mol. The number of nitro groups is 1. The molecule has 0 unspecified atom stereocenters. The molecule has 1 N–H and O–H groups in total. The van der Waals surface area contributed by atoms with Crippen molar-refractivity contribution in [2.24, 2.45) is 5.92 Å². The lowest BCUT2D eigenvalue weighted by atomic mass is 9.96. The lowest BCUT2D eigenvalue weighted by molar-refractivity contribution is -0.380. The third kappa shape index (κ3) is 3.02. The number of thiophene rings is 1. The first kappa shape index (κ1) is 15.1. The van der Waals surface area contributed by atoms with Crippen LogP contribution < -0.4 is 10.2 Å². The highest BCUT2D eigenvalue weighted by Gasteiger charge is 2.23. The van der Waals surface area contributed by atoms with E-state index in [4.69, 9.17) is 0 Å². The van der Waals surface area contributed by atoms with Crippen molar-refractivity contribution in [3.63, 3.8) is 0 Å². The SMILES string of the molecule is CCNCC1CCN(c2ncnc3sc([N+](=O)[O-])cc23)CC1. The average molecular weight is 321 g/mol. The Kier molecular flexibility index (Phi) is 4.49. The number of nitrogens with zero attached hydrogens (tertiary/aromatic N) is 4. The molecule has 0 saturated carbocycles. The third-order valence-electron chi connectivity index (χ3n) is 4.07. The highest BCUT2D eigenvalue weighted by Crippen LogP contribution is 2.35. The molecule has 3 rings (SSSR count). The van der Waals surface area contributed by atoms with E-state index in [1.807, 2.05) is 0 Å². The maximum Gasteiger partial charge on any atom is 0.326 e. The number of hydrogen-bond acceptors (Lipinski definition) is 7. The Morgan fingerprint density at radius 1 is 1.45 bits per heavy atom. The van der Waals surface area contributed by atoms with Crippen LogP contribution in [-0.2, 0) is 0 Å². The molecule has 2 aromatic rings. The second kappa shape index (κ2) is 6.53. The average Bonchev–Trinajstić information content (AvgIpc) is 2.98. The second-order valence-corrected chi connectivity index (χ2v) is 6.51. The topological polar surface area (TPSA) is 84.2 Å². The van der Waals surface area contributed by atoms with Crippen LogP contribution in [0.25, 0.3) is 10.2 Å². The van der Waals surface area contributed by atoms with Gasteiger partial charge in [0.15, 0.2) is 0 Å². The Balaban J connectivity index is 1.78. The van der Waals surface area contributed by atoms with Gasteiger partial charge in [0.05, 0.1) is 10.3 Å². The van der Waals surface area contributed by atoms with Crippen molar-refractivity contribution >= 4 is 32.4 Å². The number of nitrogens with one attached hydrogen (secondary N) is 1. The van der Waals surface area contributed by atoms with Crippen LogP contribution in [0.1, 0.15) is 19.8 Å². The molecule has 0 amide bonds. The van der Waals surface area contributed by atoms with Gasteiger partial charge in [-0.2, -0.15) is 0 Å². The molecule has 1 fully saturated rings. The summed E-state index contributed by atoms with van der Waals surface area (Å²) >= 11 is 1.11. The second-order valence-electron chi connectivity index (χ2n) is 5.50. The van der Waals surface area contributed by atoms with Crippen LogP contribution in [0.15, 0.2) is 12.4 Å². The molecule has 1 aliphatic rings. The quantitative estimate of drug-likeness (QED) is 0.672. The first-order chi connectivity index (χ1) is 10.7. The largest absolute Gasteiger partial charge is 0.356 e. The van der Waals surface area contributed by atoms with Crippen LogP contribution in [0.4, 0.5) is 10.8 Å². The van der Waals surface area contributed by atoms with Crippen LogP contribution in [0.2, 0.25) is 0 Å². The number of hydrogen-bond donors (Lipinski definition) is 1. The van der Waals surface area contributed by atoms with Gasteiger partial charge in [-0.05, 0) is 43.2 Å². The maximum atomic E-state index is 10.9. The summed E-state index contributed by atoms with van der Waals surface area (Å²) in [4.78, 5) is 22.0. The number of aromatic nitrogens is 2. The smallest absolute Gasteiger partial charge is 0.326 e.